The molecule has 4 rings (SSSR count). The summed E-state index contributed by atoms with van der Waals surface area (Å²) in [5.74, 6) is 0. The van der Waals surface area contributed by atoms with Gasteiger partial charge in [0.2, 0.25) is 0 Å². The minimum atomic E-state index is -0.108. The normalized spacial score (nSPS) is 15.6. The highest BCUT2D eigenvalue weighted by molar-refractivity contribution is 7.16. The molecule has 2 amide bonds. The highest BCUT2D eigenvalue weighted by Gasteiger charge is 2.34. The number of aryl methyl sites for hydroxylation is 1. The number of benzene rings is 1. The molecular formula is C23H27N3O2S2. The van der Waals surface area contributed by atoms with Crippen LogP contribution < -0.4 is 10.6 Å². The van der Waals surface area contributed by atoms with Crippen LogP contribution in [0.2, 0.25) is 0 Å². The van der Waals surface area contributed by atoms with E-state index < -0.39 is 0 Å². The number of thiazole rings is 1. The Bertz CT molecular complexity index is 962. The second kappa shape index (κ2) is 9.73. The summed E-state index contributed by atoms with van der Waals surface area (Å²) in [4.78, 5) is 19.4. The molecule has 0 unspecified atom stereocenters. The smallest absolute Gasteiger partial charge is 0.314 e. The number of urea groups is 1. The highest BCUT2D eigenvalue weighted by Crippen LogP contribution is 2.34. The van der Waals surface area contributed by atoms with Crippen molar-refractivity contribution in [3.05, 3.63) is 63.3 Å². The fourth-order valence-corrected chi connectivity index (χ4v) is 5.51. The number of thiophene rings is 1. The van der Waals surface area contributed by atoms with Gasteiger partial charge >= 0.3 is 6.03 Å². The molecule has 1 aliphatic rings. The van der Waals surface area contributed by atoms with E-state index in [0.717, 1.165) is 43.2 Å². The molecule has 0 atom stereocenters. The number of carbonyl (C=O) groups is 1. The van der Waals surface area contributed by atoms with Crippen molar-refractivity contribution in [3.63, 3.8) is 0 Å². The quantitative estimate of drug-likeness (QED) is 0.555. The van der Waals surface area contributed by atoms with Crippen molar-refractivity contribution in [2.75, 3.05) is 26.3 Å². The molecule has 2 aromatic heterocycles. The largest absolute Gasteiger partial charge is 0.381 e. The van der Waals surface area contributed by atoms with Crippen LogP contribution in [-0.4, -0.2) is 37.3 Å². The van der Waals surface area contributed by atoms with E-state index >= 15 is 0 Å². The van der Waals surface area contributed by atoms with Crippen molar-refractivity contribution in [2.24, 2.45) is 0 Å². The van der Waals surface area contributed by atoms with E-state index in [1.807, 2.05) is 13.0 Å². The number of rotatable bonds is 7. The van der Waals surface area contributed by atoms with E-state index in [1.54, 1.807) is 22.7 Å². The summed E-state index contributed by atoms with van der Waals surface area (Å²) in [6.07, 6.45) is 2.66. The first-order chi connectivity index (χ1) is 14.6. The highest BCUT2D eigenvalue weighted by atomic mass is 32.1. The minimum Gasteiger partial charge on any atom is -0.381 e. The molecule has 1 aromatic carbocycles. The second-order valence-corrected chi connectivity index (χ2v) is 9.87. The number of amides is 2. The maximum atomic E-state index is 12.4. The first kappa shape index (κ1) is 21.0. The molecule has 2 N–H and O–H groups in total. The molecular weight excluding hydrogens is 414 g/mol. The van der Waals surface area contributed by atoms with Crippen LogP contribution in [0.25, 0.3) is 10.6 Å². The Kier molecular flexibility index (Phi) is 6.82. The van der Waals surface area contributed by atoms with Crippen LogP contribution >= 0.6 is 22.7 Å². The molecule has 0 spiro atoms. The zero-order chi connectivity index (χ0) is 20.8. The Labute approximate surface area is 185 Å². The molecule has 0 bridgehead atoms. The van der Waals surface area contributed by atoms with Crippen molar-refractivity contribution >= 4 is 28.7 Å². The standard InChI is InChI=1S/C23H27N3O2S2/c1-17-26-20(15-29-17)21-8-7-19(30-21)9-12-24-22(27)25-16-23(10-13-28-14-11-23)18-5-3-2-4-6-18/h2-8,15H,9-14,16H2,1H3,(H2,24,25,27). The molecule has 0 radical (unpaired) electrons. The molecule has 1 aliphatic heterocycles. The molecule has 1 saturated heterocycles. The van der Waals surface area contributed by atoms with Crippen LogP contribution in [0.5, 0.6) is 0 Å². The van der Waals surface area contributed by atoms with Gasteiger partial charge in [-0.05, 0) is 43.9 Å². The SMILES string of the molecule is Cc1nc(-c2ccc(CCNC(=O)NCC3(c4ccccc4)CCOCC3)s2)cs1. The summed E-state index contributed by atoms with van der Waals surface area (Å²) >= 11 is 3.41. The van der Waals surface area contributed by atoms with E-state index in [9.17, 15) is 4.79 Å². The van der Waals surface area contributed by atoms with Crippen molar-refractivity contribution in [3.8, 4) is 10.6 Å². The zero-order valence-electron chi connectivity index (χ0n) is 17.1. The van der Waals surface area contributed by atoms with Gasteiger partial charge < -0.3 is 15.4 Å². The third-order valence-corrected chi connectivity index (χ3v) is 7.55. The summed E-state index contributed by atoms with van der Waals surface area (Å²) < 4.78 is 5.57. The fourth-order valence-electron chi connectivity index (χ4n) is 3.86. The molecule has 3 aromatic rings. The van der Waals surface area contributed by atoms with Gasteiger partial charge in [-0.1, -0.05) is 30.3 Å². The Morgan fingerprint density at radius 1 is 1.13 bits per heavy atom. The number of nitrogens with one attached hydrogen (secondary N) is 2. The first-order valence-electron chi connectivity index (χ1n) is 10.3. The van der Waals surface area contributed by atoms with Gasteiger partial charge in [-0.3, -0.25) is 0 Å². The average molecular weight is 442 g/mol. The molecule has 1 fully saturated rings. The van der Waals surface area contributed by atoms with E-state index in [0.29, 0.717) is 13.1 Å². The van der Waals surface area contributed by atoms with E-state index in [-0.39, 0.29) is 11.4 Å². The number of carbonyl (C=O) groups excluding carboxylic acids is 1. The lowest BCUT2D eigenvalue weighted by molar-refractivity contribution is 0.0507. The summed E-state index contributed by atoms with van der Waals surface area (Å²) in [6, 6.07) is 14.6. The van der Waals surface area contributed by atoms with E-state index in [2.05, 4.69) is 57.4 Å². The van der Waals surface area contributed by atoms with Gasteiger partial charge in [0, 0.05) is 42.0 Å². The van der Waals surface area contributed by atoms with Crippen LogP contribution in [0.3, 0.4) is 0 Å². The van der Waals surface area contributed by atoms with Crippen molar-refractivity contribution < 1.29 is 9.53 Å². The van der Waals surface area contributed by atoms with Gasteiger partial charge in [-0.2, -0.15) is 0 Å². The number of nitrogens with zero attached hydrogens (tertiary/aromatic N) is 1. The van der Waals surface area contributed by atoms with Gasteiger partial charge in [-0.25, -0.2) is 9.78 Å². The maximum Gasteiger partial charge on any atom is 0.314 e. The van der Waals surface area contributed by atoms with Crippen molar-refractivity contribution in [1.29, 1.82) is 0 Å². The number of hydrogen-bond acceptors (Lipinski definition) is 5. The number of ether oxygens (including phenoxy) is 1. The second-order valence-electron chi connectivity index (χ2n) is 7.64. The molecule has 7 heteroatoms. The Morgan fingerprint density at radius 3 is 2.67 bits per heavy atom. The van der Waals surface area contributed by atoms with Gasteiger partial charge in [0.25, 0.3) is 0 Å². The van der Waals surface area contributed by atoms with Crippen LogP contribution in [-0.2, 0) is 16.6 Å². The predicted octanol–water partition coefficient (Wildman–Crippen LogP) is 4.77. The summed E-state index contributed by atoms with van der Waals surface area (Å²) in [7, 11) is 0. The molecule has 30 heavy (non-hydrogen) atoms. The molecule has 3 heterocycles. The van der Waals surface area contributed by atoms with E-state index in [4.69, 9.17) is 4.74 Å². The first-order valence-corrected chi connectivity index (χ1v) is 12.0. The Morgan fingerprint density at radius 2 is 1.93 bits per heavy atom. The topological polar surface area (TPSA) is 63.2 Å². The lowest BCUT2D eigenvalue weighted by atomic mass is 9.74. The summed E-state index contributed by atoms with van der Waals surface area (Å²) in [6.45, 7) is 4.73. The zero-order valence-corrected chi connectivity index (χ0v) is 18.8. The van der Waals surface area contributed by atoms with Gasteiger partial charge in [0.05, 0.1) is 15.6 Å². The lowest BCUT2D eigenvalue weighted by Crippen LogP contribution is -2.47. The molecule has 158 valence electrons. The fraction of sp³-hybridized carbons (Fsp3) is 0.391. The van der Waals surface area contributed by atoms with Crippen LogP contribution in [0.15, 0.2) is 47.8 Å². The van der Waals surface area contributed by atoms with Gasteiger partial charge in [0.15, 0.2) is 0 Å². The summed E-state index contributed by atoms with van der Waals surface area (Å²) in [5, 5.41) is 9.28. The van der Waals surface area contributed by atoms with E-state index in [1.165, 1.54) is 15.3 Å². The summed E-state index contributed by atoms with van der Waals surface area (Å²) in [5.41, 5.74) is 2.27. The molecule has 0 aliphatic carbocycles. The number of aromatic nitrogens is 1. The van der Waals surface area contributed by atoms with Crippen molar-refractivity contribution in [1.82, 2.24) is 15.6 Å². The van der Waals surface area contributed by atoms with Crippen LogP contribution in [0, 0.1) is 6.92 Å². The third kappa shape index (κ3) is 5.09. The third-order valence-electron chi connectivity index (χ3n) is 5.61. The lowest BCUT2D eigenvalue weighted by Gasteiger charge is -2.38. The monoisotopic (exact) mass is 441 g/mol. The van der Waals surface area contributed by atoms with Crippen LogP contribution in [0.4, 0.5) is 4.79 Å². The Hall–Kier alpha value is -2.22. The predicted molar refractivity (Wildman–Crippen MR) is 123 cm³/mol. The van der Waals surface area contributed by atoms with Crippen molar-refractivity contribution in [2.45, 2.75) is 31.6 Å². The maximum absolute atomic E-state index is 12.4. The molecule has 0 saturated carbocycles. The van der Waals surface area contributed by atoms with Crippen LogP contribution in [0.1, 0.15) is 28.3 Å². The van der Waals surface area contributed by atoms with Gasteiger partial charge in [-0.15, -0.1) is 22.7 Å². The minimum absolute atomic E-state index is 0.0504. The molecule has 5 nitrogen and oxygen atoms in total. The van der Waals surface area contributed by atoms with Gasteiger partial charge in [0.1, 0.15) is 0 Å². The average Bonchev–Trinajstić information content (AvgIpc) is 3.43. The number of hydrogen-bond donors (Lipinski definition) is 2. The Balaban J connectivity index is 1.27.